The molecule has 1 aromatic heterocycles. The zero-order chi connectivity index (χ0) is 10.1. The van der Waals surface area contributed by atoms with Crippen LogP contribution >= 0.6 is 11.6 Å². The number of nitrogens with one attached hydrogen (secondary N) is 1. The molecule has 1 aromatic rings. The van der Waals surface area contributed by atoms with E-state index in [0.29, 0.717) is 5.82 Å². The van der Waals surface area contributed by atoms with Crippen LogP contribution in [0.2, 0.25) is 0 Å². The van der Waals surface area contributed by atoms with Gasteiger partial charge >= 0.3 is 0 Å². The molecule has 1 unspecified atom stereocenters. The maximum absolute atomic E-state index is 11.6. The number of aromatic amines is 1. The summed E-state index contributed by atoms with van der Waals surface area (Å²) in [6.07, 6.45) is 3.98. The van der Waals surface area contributed by atoms with Gasteiger partial charge in [0.25, 0.3) is 5.56 Å². The summed E-state index contributed by atoms with van der Waals surface area (Å²) in [5, 5.41) is -0.227. The Kier molecular flexibility index (Phi) is 2.59. The van der Waals surface area contributed by atoms with Crippen LogP contribution in [0.25, 0.3) is 0 Å². The van der Waals surface area contributed by atoms with Gasteiger partial charge in [0, 0.05) is 5.56 Å². The van der Waals surface area contributed by atoms with Gasteiger partial charge in [0.1, 0.15) is 5.82 Å². The monoisotopic (exact) mass is 212 g/mol. The molecule has 4 heteroatoms. The van der Waals surface area contributed by atoms with Crippen molar-refractivity contribution in [3.05, 3.63) is 27.4 Å². The molecule has 1 aliphatic carbocycles. The van der Waals surface area contributed by atoms with Crippen LogP contribution in [-0.2, 0) is 12.8 Å². The second-order valence-electron chi connectivity index (χ2n) is 3.70. The maximum atomic E-state index is 11.6. The third-order valence-corrected chi connectivity index (χ3v) is 2.79. The third-order valence-electron chi connectivity index (χ3n) is 2.59. The standard InChI is InChI=1S/C10H13ClN2O/c1-6(11)9-12-8-5-3-2-4-7(8)10(14)13-9/h6H,2-5H2,1H3,(H,12,13,14). The van der Waals surface area contributed by atoms with Crippen molar-refractivity contribution in [2.75, 3.05) is 0 Å². The molecular formula is C10H13ClN2O. The molecule has 1 atom stereocenters. The van der Waals surface area contributed by atoms with E-state index in [4.69, 9.17) is 11.6 Å². The normalized spacial score (nSPS) is 17.6. The molecule has 0 spiro atoms. The number of hydrogen-bond donors (Lipinski definition) is 1. The quantitative estimate of drug-likeness (QED) is 0.724. The van der Waals surface area contributed by atoms with Gasteiger partial charge in [-0.1, -0.05) is 0 Å². The highest BCUT2D eigenvalue weighted by Crippen LogP contribution is 2.19. The highest BCUT2D eigenvalue weighted by Gasteiger charge is 2.16. The van der Waals surface area contributed by atoms with E-state index in [0.717, 1.165) is 36.9 Å². The van der Waals surface area contributed by atoms with E-state index in [2.05, 4.69) is 9.97 Å². The molecule has 1 heterocycles. The number of fused-ring (bicyclic) bond motifs is 1. The summed E-state index contributed by atoms with van der Waals surface area (Å²) in [5.41, 5.74) is 1.80. The SMILES string of the molecule is CC(Cl)c1nc2c(c(=O)[nH]1)CCCC2. The Balaban J connectivity index is 2.52. The predicted molar refractivity (Wildman–Crippen MR) is 55.8 cm³/mol. The van der Waals surface area contributed by atoms with Crippen molar-refractivity contribution >= 4 is 11.6 Å². The summed E-state index contributed by atoms with van der Waals surface area (Å²) < 4.78 is 0. The molecule has 0 radical (unpaired) electrons. The van der Waals surface area contributed by atoms with Crippen LogP contribution in [0.15, 0.2) is 4.79 Å². The molecule has 14 heavy (non-hydrogen) atoms. The fraction of sp³-hybridized carbons (Fsp3) is 0.600. The first-order chi connectivity index (χ1) is 6.68. The molecule has 1 N–H and O–H groups in total. The Morgan fingerprint density at radius 3 is 2.86 bits per heavy atom. The number of hydrogen-bond acceptors (Lipinski definition) is 2. The van der Waals surface area contributed by atoms with E-state index in [9.17, 15) is 4.79 Å². The zero-order valence-corrected chi connectivity index (χ0v) is 8.90. The maximum Gasteiger partial charge on any atom is 0.254 e. The molecule has 0 amide bonds. The average Bonchev–Trinajstić information content (AvgIpc) is 2.17. The summed E-state index contributed by atoms with van der Waals surface area (Å²) in [6, 6.07) is 0. The van der Waals surface area contributed by atoms with Crippen molar-refractivity contribution in [1.29, 1.82) is 0 Å². The summed E-state index contributed by atoms with van der Waals surface area (Å²) >= 11 is 5.88. The van der Waals surface area contributed by atoms with E-state index in [1.165, 1.54) is 0 Å². The highest BCUT2D eigenvalue weighted by molar-refractivity contribution is 6.20. The molecule has 0 saturated carbocycles. The van der Waals surface area contributed by atoms with E-state index in [1.54, 1.807) is 0 Å². The molecule has 3 nitrogen and oxygen atoms in total. The van der Waals surface area contributed by atoms with Crippen LogP contribution < -0.4 is 5.56 Å². The number of rotatable bonds is 1. The largest absolute Gasteiger partial charge is 0.309 e. The van der Waals surface area contributed by atoms with Gasteiger partial charge in [-0.3, -0.25) is 4.79 Å². The lowest BCUT2D eigenvalue weighted by atomic mass is 9.97. The van der Waals surface area contributed by atoms with Crippen molar-refractivity contribution in [2.45, 2.75) is 38.0 Å². The molecule has 0 fully saturated rings. The topological polar surface area (TPSA) is 45.8 Å². The summed E-state index contributed by atoms with van der Waals surface area (Å²) in [6.45, 7) is 1.81. The first kappa shape index (κ1) is 9.71. The van der Waals surface area contributed by atoms with Crippen molar-refractivity contribution in [3.8, 4) is 0 Å². The Morgan fingerprint density at radius 2 is 2.14 bits per heavy atom. The molecule has 76 valence electrons. The fourth-order valence-corrected chi connectivity index (χ4v) is 1.91. The van der Waals surface area contributed by atoms with Gasteiger partial charge in [-0.2, -0.15) is 0 Å². The minimum Gasteiger partial charge on any atom is -0.309 e. The van der Waals surface area contributed by atoms with Crippen LogP contribution in [0, 0.1) is 0 Å². The van der Waals surface area contributed by atoms with E-state index >= 15 is 0 Å². The molecule has 0 bridgehead atoms. The molecule has 0 aromatic carbocycles. The lowest BCUT2D eigenvalue weighted by Gasteiger charge is -2.14. The molecule has 0 aliphatic heterocycles. The highest BCUT2D eigenvalue weighted by atomic mass is 35.5. The van der Waals surface area contributed by atoms with Crippen LogP contribution in [-0.4, -0.2) is 9.97 Å². The van der Waals surface area contributed by atoms with E-state index in [1.807, 2.05) is 6.92 Å². The van der Waals surface area contributed by atoms with Gasteiger partial charge in [0.05, 0.1) is 11.1 Å². The van der Waals surface area contributed by atoms with Crippen LogP contribution in [0.1, 0.15) is 42.2 Å². The third kappa shape index (κ3) is 1.69. The number of aryl methyl sites for hydroxylation is 1. The van der Waals surface area contributed by atoms with Gasteiger partial charge in [-0.15, -0.1) is 11.6 Å². The lowest BCUT2D eigenvalue weighted by molar-refractivity contribution is 0.646. The lowest BCUT2D eigenvalue weighted by Crippen LogP contribution is -2.23. The van der Waals surface area contributed by atoms with Gasteiger partial charge in [-0.05, 0) is 32.6 Å². The van der Waals surface area contributed by atoms with Crippen molar-refractivity contribution in [1.82, 2.24) is 9.97 Å². The Bertz CT molecular complexity index is 398. The van der Waals surface area contributed by atoms with Gasteiger partial charge < -0.3 is 4.98 Å². The molecule has 0 saturated heterocycles. The van der Waals surface area contributed by atoms with Gasteiger partial charge in [0.2, 0.25) is 0 Å². The number of halogens is 1. The van der Waals surface area contributed by atoms with Gasteiger partial charge in [0.15, 0.2) is 0 Å². The van der Waals surface area contributed by atoms with Crippen LogP contribution in [0.5, 0.6) is 0 Å². The second-order valence-corrected chi connectivity index (χ2v) is 4.35. The number of aromatic nitrogens is 2. The first-order valence-corrected chi connectivity index (χ1v) is 5.38. The van der Waals surface area contributed by atoms with Crippen molar-refractivity contribution in [2.24, 2.45) is 0 Å². The Labute approximate surface area is 87.5 Å². The number of alkyl halides is 1. The number of nitrogens with zero attached hydrogens (tertiary/aromatic N) is 1. The van der Waals surface area contributed by atoms with Crippen molar-refractivity contribution < 1.29 is 0 Å². The molecule has 2 rings (SSSR count). The van der Waals surface area contributed by atoms with E-state index in [-0.39, 0.29) is 10.9 Å². The summed E-state index contributed by atoms with van der Waals surface area (Å²) in [7, 11) is 0. The minimum atomic E-state index is -0.227. The second kappa shape index (κ2) is 3.73. The predicted octanol–water partition coefficient (Wildman–Crippen LogP) is 1.95. The number of H-pyrrole nitrogens is 1. The fourth-order valence-electron chi connectivity index (χ4n) is 1.81. The zero-order valence-electron chi connectivity index (χ0n) is 8.14. The minimum absolute atomic E-state index is 0.00259. The molecule has 1 aliphatic rings. The van der Waals surface area contributed by atoms with Crippen LogP contribution in [0.3, 0.4) is 0 Å². The summed E-state index contributed by atoms with van der Waals surface area (Å²) in [5.74, 6) is 0.595. The first-order valence-electron chi connectivity index (χ1n) is 4.94. The van der Waals surface area contributed by atoms with E-state index < -0.39 is 0 Å². The average molecular weight is 213 g/mol. The summed E-state index contributed by atoms with van der Waals surface area (Å²) in [4.78, 5) is 18.8. The van der Waals surface area contributed by atoms with Crippen LogP contribution in [0.4, 0.5) is 0 Å². The van der Waals surface area contributed by atoms with Crippen molar-refractivity contribution in [3.63, 3.8) is 0 Å². The smallest absolute Gasteiger partial charge is 0.254 e. The molecular weight excluding hydrogens is 200 g/mol. The Morgan fingerprint density at radius 1 is 1.43 bits per heavy atom. The Hall–Kier alpha value is -0.830. The van der Waals surface area contributed by atoms with Gasteiger partial charge in [-0.25, -0.2) is 4.98 Å².